The topological polar surface area (TPSA) is 53.7 Å². The molecule has 0 saturated carbocycles. The van der Waals surface area contributed by atoms with E-state index in [-0.39, 0.29) is 6.04 Å². The maximum atomic E-state index is 6.07. The lowest BCUT2D eigenvalue weighted by atomic mass is 10.1. The molecule has 0 amide bonds. The first-order valence-electron chi connectivity index (χ1n) is 6.83. The Kier molecular flexibility index (Phi) is 5.34. The summed E-state index contributed by atoms with van der Waals surface area (Å²) in [6, 6.07) is 10.0. The fraction of sp³-hybridized carbons (Fsp3) is 0.600. The van der Waals surface area contributed by atoms with E-state index in [1.807, 2.05) is 37.3 Å². The van der Waals surface area contributed by atoms with Crippen molar-refractivity contribution in [3.05, 3.63) is 35.9 Å². The van der Waals surface area contributed by atoms with Gasteiger partial charge in [-0.15, -0.1) is 0 Å². The highest BCUT2D eigenvalue weighted by Gasteiger charge is 2.31. The fourth-order valence-corrected chi connectivity index (χ4v) is 2.23. The molecule has 4 nitrogen and oxygen atoms in total. The highest BCUT2D eigenvalue weighted by Crippen LogP contribution is 2.23. The van der Waals surface area contributed by atoms with E-state index in [0.29, 0.717) is 19.6 Å². The maximum Gasteiger partial charge on any atom is 0.167 e. The summed E-state index contributed by atoms with van der Waals surface area (Å²) in [6.07, 6.45) is 1.61. The SMILES string of the molecule is CC1(C[C@H](N)COCc2ccccc2)OCCCO1. The monoisotopic (exact) mass is 265 g/mol. The van der Waals surface area contributed by atoms with Crippen LogP contribution in [0.2, 0.25) is 0 Å². The molecule has 106 valence electrons. The van der Waals surface area contributed by atoms with Crippen LogP contribution in [0.5, 0.6) is 0 Å². The van der Waals surface area contributed by atoms with Gasteiger partial charge in [0.1, 0.15) is 0 Å². The minimum atomic E-state index is -0.548. The van der Waals surface area contributed by atoms with Crippen molar-refractivity contribution in [3.8, 4) is 0 Å². The summed E-state index contributed by atoms with van der Waals surface area (Å²) < 4.78 is 16.9. The van der Waals surface area contributed by atoms with Crippen LogP contribution < -0.4 is 5.73 Å². The Balaban J connectivity index is 1.68. The first-order chi connectivity index (χ1) is 9.18. The van der Waals surface area contributed by atoms with Gasteiger partial charge in [0.25, 0.3) is 0 Å². The van der Waals surface area contributed by atoms with E-state index in [1.165, 1.54) is 0 Å². The van der Waals surface area contributed by atoms with E-state index in [2.05, 4.69) is 0 Å². The van der Waals surface area contributed by atoms with Gasteiger partial charge in [0, 0.05) is 12.5 Å². The Morgan fingerprint density at radius 2 is 1.95 bits per heavy atom. The Morgan fingerprint density at radius 1 is 1.26 bits per heavy atom. The molecular weight excluding hydrogens is 242 g/mol. The number of ether oxygens (including phenoxy) is 3. The van der Waals surface area contributed by atoms with Gasteiger partial charge in [-0.25, -0.2) is 0 Å². The van der Waals surface area contributed by atoms with Crippen molar-refractivity contribution < 1.29 is 14.2 Å². The minimum Gasteiger partial charge on any atom is -0.375 e. The predicted octanol–water partition coefficient (Wildman–Crippen LogP) is 2.07. The Bertz CT molecular complexity index is 363. The molecule has 0 spiro atoms. The van der Waals surface area contributed by atoms with Crippen molar-refractivity contribution in [2.45, 2.75) is 38.2 Å². The molecule has 1 aromatic carbocycles. The molecule has 1 fully saturated rings. The van der Waals surface area contributed by atoms with Crippen LogP contribution in [0, 0.1) is 0 Å². The second-order valence-corrected chi connectivity index (χ2v) is 5.15. The third-order valence-electron chi connectivity index (χ3n) is 3.18. The molecule has 1 atom stereocenters. The van der Waals surface area contributed by atoms with Crippen LogP contribution in [0.15, 0.2) is 30.3 Å². The van der Waals surface area contributed by atoms with Gasteiger partial charge in [-0.05, 0) is 18.9 Å². The van der Waals surface area contributed by atoms with E-state index >= 15 is 0 Å². The van der Waals surface area contributed by atoms with E-state index in [9.17, 15) is 0 Å². The summed E-state index contributed by atoms with van der Waals surface area (Å²) >= 11 is 0. The normalized spacial score (nSPS) is 20.1. The standard InChI is InChI=1S/C15H23NO3/c1-15(18-8-5-9-19-15)10-14(16)12-17-11-13-6-3-2-4-7-13/h2-4,6-7,14H,5,8-12,16H2,1H3/t14-/m0/s1. The first-order valence-corrected chi connectivity index (χ1v) is 6.83. The predicted molar refractivity (Wildman–Crippen MR) is 73.6 cm³/mol. The third kappa shape index (κ3) is 4.91. The van der Waals surface area contributed by atoms with Gasteiger partial charge in [-0.3, -0.25) is 0 Å². The Morgan fingerprint density at radius 3 is 2.63 bits per heavy atom. The van der Waals surface area contributed by atoms with Crippen LogP contribution in [0.4, 0.5) is 0 Å². The summed E-state index contributed by atoms with van der Waals surface area (Å²) in [4.78, 5) is 0. The molecule has 1 heterocycles. The second kappa shape index (κ2) is 7.01. The van der Waals surface area contributed by atoms with Crippen molar-refractivity contribution in [2.24, 2.45) is 5.73 Å². The third-order valence-corrected chi connectivity index (χ3v) is 3.18. The lowest BCUT2D eigenvalue weighted by Gasteiger charge is -2.35. The summed E-state index contributed by atoms with van der Waals surface area (Å²) in [7, 11) is 0. The lowest BCUT2D eigenvalue weighted by Crippen LogP contribution is -2.44. The second-order valence-electron chi connectivity index (χ2n) is 5.15. The quantitative estimate of drug-likeness (QED) is 0.855. The van der Waals surface area contributed by atoms with Gasteiger partial charge in [-0.2, -0.15) is 0 Å². The number of rotatable bonds is 6. The van der Waals surface area contributed by atoms with Gasteiger partial charge in [-0.1, -0.05) is 30.3 Å². The van der Waals surface area contributed by atoms with Crippen molar-refractivity contribution in [1.82, 2.24) is 0 Å². The highest BCUT2D eigenvalue weighted by molar-refractivity contribution is 5.13. The van der Waals surface area contributed by atoms with E-state index in [1.54, 1.807) is 0 Å². The fourth-order valence-electron chi connectivity index (χ4n) is 2.23. The molecule has 2 rings (SSSR count). The molecule has 19 heavy (non-hydrogen) atoms. The summed E-state index contributed by atoms with van der Waals surface area (Å²) in [6.45, 7) is 4.54. The minimum absolute atomic E-state index is 0.0770. The molecule has 1 aliphatic rings. The Hall–Kier alpha value is -0.940. The van der Waals surface area contributed by atoms with Crippen LogP contribution in [0.25, 0.3) is 0 Å². The molecule has 2 N–H and O–H groups in total. The van der Waals surface area contributed by atoms with E-state index in [0.717, 1.165) is 25.2 Å². The van der Waals surface area contributed by atoms with Gasteiger partial charge >= 0.3 is 0 Å². The van der Waals surface area contributed by atoms with Crippen LogP contribution in [0.3, 0.4) is 0 Å². The van der Waals surface area contributed by atoms with Crippen molar-refractivity contribution in [1.29, 1.82) is 0 Å². The van der Waals surface area contributed by atoms with Crippen LogP contribution in [-0.4, -0.2) is 31.6 Å². The van der Waals surface area contributed by atoms with Crippen LogP contribution >= 0.6 is 0 Å². The molecule has 4 heteroatoms. The zero-order valence-corrected chi connectivity index (χ0v) is 11.5. The maximum absolute atomic E-state index is 6.07. The summed E-state index contributed by atoms with van der Waals surface area (Å²) in [5.41, 5.74) is 7.23. The number of nitrogens with two attached hydrogens (primary N) is 1. The number of hydrogen-bond acceptors (Lipinski definition) is 4. The smallest absolute Gasteiger partial charge is 0.167 e. The van der Waals surface area contributed by atoms with Gasteiger partial charge in [0.2, 0.25) is 0 Å². The molecule has 0 aliphatic carbocycles. The molecule has 1 aliphatic heterocycles. The van der Waals surface area contributed by atoms with Gasteiger partial charge in [0.05, 0.1) is 26.4 Å². The summed E-state index contributed by atoms with van der Waals surface area (Å²) in [5.74, 6) is -0.548. The first kappa shape index (κ1) is 14.5. The van der Waals surface area contributed by atoms with Gasteiger partial charge in [0.15, 0.2) is 5.79 Å². The lowest BCUT2D eigenvalue weighted by molar-refractivity contribution is -0.261. The number of benzene rings is 1. The molecular formula is C15H23NO3. The molecule has 0 radical (unpaired) electrons. The van der Waals surface area contributed by atoms with E-state index in [4.69, 9.17) is 19.9 Å². The molecule has 0 bridgehead atoms. The zero-order chi connectivity index (χ0) is 13.6. The Labute approximate surface area is 114 Å². The zero-order valence-electron chi connectivity index (χ0n) is 11.5. The van der Waals surface area contributed by atoms with E-state index < -0.39 is 5.79 Å². The van der Waals surface area contributed by atoms with Crippen molar-refractivity contribution in [2.75, 3.05) is 19.8 Å². The average Bonchev–Trinajstić information content (AvgIpc) is 2.40. The van der Waals surface area contributed by atoms with Gasteiger partial charge < -0.3 is 19.9 Å². The average molecular weight is 265 g/mol. The van der Waals surface area contributed by atoms with Crippen molar-refractivity contribution in [3.63, 3.8) is 0 Å². The summed E-state index contributed by atoms with van der Waals surface area (Å²) in [5, 5.41) is 0. The molecule has 1 saturated heterocycles. The highest BCUT2D eigenvalue weighted by atomic mass is 16.7. The largest absolute Gasteiger partial charge is 0.375 e. The molecule has 0 unspecified atom stereocenters. The number of hydrogen-bond donors (Lipinski definition) is 1. The van der Waals surface area contributed by atoms with Crippen LogP contribution in [0.1, 0.15) is 25.3 Å². The molecule has 1 aromatic rings. The van der Waals surface area contributed by atoms with Crippen molar-refractivity contribution >= 4 is 0 Å². The molecule has 0 aromatic heterocycles. The van der Waals surface area contributed by atoms with Crippen LogP contribution in [-0.2, 0) is 20.8 Å².